The summed E-state index contributed by atoms with van der Waals surface area (Å²) in [6, 6.07) is 18.3. The molecular formula is C26H29BrN2O5S. The van der Waals surface area contributed by atoms with Crippen molar-refractivity contribution in [1.29, 1.82) is 0 Å². The number of benzene rings is 3. The Morgan fingerprint density at radius 2 is 1.54 bits per heavy atom. The van der Waals surface area contributed by atoms with Gasteiger partial charge in [-0.3, -0.25) is 9.52 Å². The molecule has 0 aliphatic rings. The first kappa shape index (κ1) is 26.6. The molecule has 0 bridgehead atoms. The minimum atomic E-state index is -3.78. The monoisotopic (exact) mass is 560 g/mol. The quantitative estimate of drug-likeness (QED) is 0.336. The maximum absolute atomic E-state index is 12.7. The predicted octanol–water partition coefficient (Wildman–Crippen LogP) is 5.96. The van der Waals surface area contributed by atoms with E-state index in [1.165, 1.54) is 24.3 Å². The van der Waals surface area contributed by atoms with E-state index in [4.69, 9.17) is 9.47 Å². The molecule has 0 saturated carbocycles. The number of anilines is 2. The Bertz CT molecular complexity index is 1270. The van der Waals surface area contributed by atoms with Gasteiger partial charge in [0.2, 0.25) is 0 Å². The van der Waals surface area contributed by atoms with Gasteiger partial charge < -0.3 is 14.8 Å². The fourth-order valence-corrected chi connectivity index (χ4v) is 4.69. The summed E-state index contributed by atoms with van der Waals surface area (Å²) in [7, 11) is -3.78. The molecule has 0 fully saturated rings. The summed E-state index contributed by atoms with van der Waals surface area (Å²) in [6.45, 7) is 8.58. The van der Waals surface area contributed by atoms with Gasteiger partial charge in [-0.25, -0.2) is 8.42 Å². The molecule has 0 atom stereocenters. The smallest absolute Gasteiger partial charge is 0.262 e. The number of carbonyl (C=O) groups is 1. The van der Waals surface area contributed by atoms with Crippen LogP contribution in [0.5, 0.6) is 11.5 Å². The Hall–Kier alpha value is -3.04. The third kappa shape index (κ3) is 7.47. The highest BCUT2D eigenvalue weighted by atomic mass is 79.9. The van der Waals surface area contributed by atoms with Gasteiger partial charge in [-0.05, 0) is 94.5 Å². The van der Waals surface area contributed by atoms with Gasteiger partial charge in [-0.2, -0.15) is 0 Å². The molecule has 0 radical (unpaired) electrons. The summed E-state index contributed by atoms with van der Waals surface area (Å²) in [4.78, 5) is 12.4. The lowest BCUT2D eigenvalue weighted by Crippen LogP contribution is -2.20. The van der Waals surface area contributed by atoms with E-state index < -0.39 is 10.0 Å². The number of ether oxygens (including phenoxy) is 2. The largest absolute Gasteiger partial charge is 0.494 e. The van der Waals surface area contributed by atoms with Crippen molar-refractivity contribution in [3.8, 4) is 11.5 Å². The molecule has 0 unspecified atom stereocenters. The van der Waals surface area contributed by atoms with Gasteiger partial charge in [0, 0.05) is 11.4 Å². The average Bonchev–Trinajstić information content (AvgIpc) is 2.79. The third-order valence-corrected chi connectivity index (χ3v) is 7.04. The number of sulfonamides is 1. The standard InChI is InChI=1S/C26H29BrN2O5S/c1-5-33-21-11-7-20(8-12-21)29-35(31,32)22-13-9-19(10-14-22)28-25(30)17-34-24-15-6-18(16-23(24)27)26(2,3)4/h6-16,29H,5,17H2,1-4H3,(H,28,30). The van der Waals surface area contributed by atoms with Gasteiger partial charge in [-0.1, -0.05) is 26.8 Å². The minimum Gasteiger partial charge on any atom is -0.494 e. The Morgan fingerprint density at radius 1 is 0.914 bits per heavy atom. The first-order valence-corrected chi connectivity index (χ1v) is 13.3. The van der Waals surface area contributed by atoms with Crippen LogP contribution in [0.15, 0.2) is 76.1 Å². The predicted molar refractivity (Wildman–Crippen MR) is 142 cm³/mol. The zero-order chi connectivity index (χ0) is 25.6. The second-order valence-electron chi connectivity index (χ2n) is 8.82. The van der Waals surface area contributed by atoms with Crippen LogP contribution in [0.3, 0.4) is 0 Å². The molecule has 3 aromatic carbocycles. The Balaban J connectivity index is 1.57. The molecular weight excluding hydrogens is 532 g/mol. The van der Waals surface area contributed by atoms with Gasteiger partial charge in [0.05, 0.1) is 16.0 Å². The van der Waals surface area contributed by atoms with Crippen LogP contribution in [0.25, 0.3) is 0 Å². The van der Waals surface area contributed by atoms with Crippen molar-refractivity contribution in [2.24, 2.45) is 0 Å². The average molecular weight is 561 g/mol. The molecule has 9 heteroatoms. The molecule has 0 aliphatic carbocycles. The zero-order valence-corrected chi connectivity index (χ0v) is 22.5. The Labute approximate surface area is 215 Å². The van der Waals surface area contributed by atoms with Gasteiger partial charge in [-0.15, -0.1) is 0 Å². The number of hydrogen-bond donors (Lipinski definition) is 2. The highest BCUT2D eigenvalue weighted by molar-refractivity contribution is 9.10. The van der Waals surface area contributed by atoms with Crippen molar-refractivity contribution in [1.82, 2.24) is 0 Å². The summed E-state index contributed by atoms with van der Waals surface area (Å²) in [5.74, 6) is 0.865. The molecule has 1 amide bonds. The van der Waals surface area contributed by atoms with E-state index in [0.717, 1.165) is 10.0 Å². The number of amides is 1. The lowest BCUT2D eigenvalue weighted by molar-refractivity contribution is -0.118. The van der Waals surface area contributed by atoms with Crippen LogP contribution in [-0.2, 0) is 20.2 Å². The SMILES string of the molecule is CCOc1ccc(NS(=O)(=O)c2ccc(NC(=O)COc3ccc(C(C)(C)C)cc3Br)cc2)cc1. The molecule has 0 spiro atoms. The van der Waals surface area contributed by atoms with Crippen molar-refractivity contribution in [3.63, 3.8) is 0 Å². The summed E-state index contributed by atoms with van der Waals surface area (Å²) in [5, 5.41) is 2.71. The van der Waals surface area contributed by atoms with E-state index in [1.54, 1.807) is 24.3 Å². The van der Waals surface area contributed by atoms with Gasteiger partial charge in [0.25, 0.3) is 15.9 Å². The van der Waals surface area contributed by atoms with E-state index in [2.05, 4.69) is 46.7 Å². The number of rotatable bonds is 9. The molecule has 2 N–H and O–H groups in total. The maximum atomic E-state index is 12.7. The number of nitrogens with one attached hydrogen (secondary N) is 2. The van der Waals surface area contributed by atoms with Gasteiger partial charge in [0.1, 0.15) is 11.5 Å². The van der Waals surface area contributed by atoms with Crippen LogP contribution in [0.2, 0.25) is 0 Å². The number of carbonyl (C=O) groups excluding carboxylic acids is 1. The normalized spacial score (nSPS) is 11.6. The first-order chi connectivity index (χ1) is 16.5. The molecule has 0 heterocycles. The van der Waals surface area contributed by atoms with E-state index in [1.807, 2.05) is 25.1 Å². The summed E-state index contributed by atoms with van der Waals surface area (Å²) in [6.07, 6.45) is 0. The zero-order valence-electron chi connectivity index (χ0n) is 20.1. The fourth-order valence-electron chi connectivity index (χ4n) is 3.14. The van der Waals surface area contributed by atoms with E-state index in [9.17, 15) is 13.2 Å². The summed E-state index contributed by atoms with van der Waals surface area (Å²) >= 11 is 3.49. The van der Waals surface area contributed by atoms with Crippen molar-refractivity contribution in [3.05, 3.63) is 76.8 Å². The van der Waals surface area contributed by atoms with Crippen LogP contribution in [0.4, 0.5) is 11.4 Å². The van der Waals surface area contributed by atoms with Crippen molar-refractivity contribution >= 4 is 43.2 Å². The molecule has 3 rings (SSSR count). The molecule has 0 saturated heterocycles. The fraction of sp³-hybridized carbons (Fsp3) is 0.269. The molecule has 186 valence electrons. The van der Waals surface area contributed by atoms with Gasteiger partial charge in [0.15, 0.2) is 6.61 Å². The highest BCUT2D eigenvalue weighted by Crippen LogP contribution is 2.31. The van der Waals surface area contributed by atoms with E-state index >= 15 is 0 Å². The van der Waals surface area contributed by atoms with E-state index in [-0.39, 0.29) is 22.8 Å². The maximum Gasteiger partial charge on any atom is 0.262 e. The van der Waals surface area contributed by atoms with E-state index in [0.29, 0.717) is 29.5 Å². The van der Waals surface area contributed by atoms with Crippen molar-refractivity contribution in [2.75, 3.05) is 23.3 Å². The van der Waals surface area contributed by atoms with Crippen LogP contribution < -0.4 is 19.5 Å². The molecule has 0 aliphatic heterocycles. The topological polar surface area (TPSA) is 93.7 Å². The minimum absolute atomic E-state index is 0.00180. The first-order valence-electron chi connectivity index (χ1n) is 11.1. The lowest BCUT2D eigenvalue weighted by atomic mass is 9.87. The number of halogens is 1. The van der Waals surface area contributed by atoms with Crippen LogP contribution >= 0.6 is 15.9 Å². The Morgan fingerprint density at radius 3 is 2.11 bits per heavy atom. The van der Waals surface area contributed by atoms with Crippen LogP contribution in [0, 0.1) is 0 Å². The number of hydrogen-bond acceptors (Lipinski definition) is 5. The van der Waals surface area contributed by atoms with Crippen LogP contribution in [0.1, 0.15) is 33.3 Å². The molecule has 7 nitrogen and oxygen atoms in total. The Kier molecular flexibility index (Phi) is 8.45. The summed E-state index contributed by atoms with van der Waals surface area (Å²) < 4.78 is 39.6. The molecule has 3 aromatic rings. The summed E-state index contributed by atoms with van der Waals surface area (Å²) in [5.41, 5.74) is 2.03. The second kappa shape index (κ2) is 11.1. The van der Waals surface area contributed by atoms with Gasteiger partial charge >= 0.3 is 0 Å². The third-order valence-electron chi connectivity index (χ3n) is 5.02. The molecule has 0 aromatic heterocycles. The molecule has 35 heavy (non-hydrogen) atoms. The van der Waals surface area contributed by atoms with Crippen LogP contribution in [-0.4, -0.2) is 27.5 Å². The highest BCUT2D eigenvalue weighted by Gasteiger charge is 2.17. The van der Waals surface area contributed by atoms with Crippen molar-refractivity contribution < 1.29 is 22.7 Å². The lowest BCUT2D eigenvalue weighted by Gasteiger charge is -2.20. The second-order valence-corrected chi connectivity index (χ2v) is 11.4. The van der Waals surface area contributed by atoms with Crippen molar-refractivity contribution in [2.45, 2.75) is 38.0 Å².